The van der Waals surface area contributed by atoms with Crippen molar-refractivity contribution in [2.45, 2.75) is 77.0 Å². The van der Waals surface area contributed by atoms with E-state index in [0.717, 1.165) is 38.5 Å². The van der Waals surface area contributed by atoms with Crippen LogP contribution in [0.5, 0.6) is 0 Å². The molecular formula is C14H28K2O4. The first-order chi connectivity index (χ1) is 8.63. The first-order valence-electron chi connectivity index (χ1n) is 7.06. The Labute approximate surface area is 210 Å². The number of hydrogen-bond donors (Lipinski definition) is 2. The number of carboxylic acid groups (broad SMARTS) is 2. The summed E-state index contributed by atoms with van der Waals surface area (Å²) in [4.78, 5) is 20.5. The summed E-state index contributed by atoms with van der Waals surface area (Å²) in [6.07, 6.45) is 11.3. The Morgan fingerprint density at radius 3 is 0.950 bits per heavy atom. The molecule has 0 saturated heterocycles. The van der Waals surface area contributed by atoms with Gasteiger partial charge < -0.3 is 13.1 Å². The zero-order chi connectivity index (χ0) is 13.6. The van der Waals surface area contributed by atoms with Gasteiger partial charge in [-0.25, -0.2) is 0 Å². The second kappa shape index (κ2) is 21.2. The van der Waals surface area contributed by atoms with Gasteiger partial charge in [-0.3, -0.25) is 9.59 Å². The van der Waals surface area contributed by atoms with E-state index in [1.165, 1.54) is 25.7 Å². The summed E-state index contributed by atoms with van der Waals surface area (Å²) in [7, 11) is 0. The zero-order valence-electron chi connectivity index (χ0n) is 15.2. The fourth-order valence-electron chi connectivity index (χ4n) is 1.97. The molecule has 0 aliphatic heterocycles. The minimum absolute atomic E-state index is 0. The van der Waals surface area contributed by atoms with Crippen molar-refractivity contribution in [3.63, 3.8) is 0 Å². The number of unbranched alkanes of at least 4 members (excludes halogenated alkanes) is 9. The van der Waals surface area contributed by atoms with Crippen LogP contribution in [0, 0.1) is 0 Å². The Kier molecular flexibility index (Phi) is 28.7. The van der Waals surface area contributed by atoms with Crippen LogP contribution in [-0.2, 0) is 9.59 Å². The molecule has 6 heteroatoms. The summed E-state index contributed by atoms with van der Waals surface area (Å²) < 4.78 is 0. The molecule has 0 aromatic heterocycles. The summed E-state index contributed by atoms with van der Waals surface area (Å²) in [6, 6.07) is 0. The van der Waals surface area contributed by atoms with Crippen molar-refractivity contribution in [3.8, 4) is 0 Å². The topological polar surface area (TPSA) is 74.6 Å². The molecule has 0 aliphatic carbocycles. The molecule has 0 unspecified atom stereocenters. The van der Waals surface area contributed by atoms with Crippen molar-refractivity contribution >= 4 is 11.9 Å². The van der Waals surface area contributed by atoms with Crippen LogP contribution in [0.2, 0.25) is 0 Å². The Balaban J connectivity index is -0.000000241. The normalized spacial score (nSPS) is 9.40. The van der Waals surface area contributed by atoms with E-state index >= 15 is 0 Å². The van der Waals surface area contributed by atoms with Gasteiger partial charge in [-0.2, -0.15) is 0 Å². The van der Waals surface area contributed by atoms with E-state index in [0.29, 0.717) is 12.8 Å². The summed E-state index contributed by atoms with van der Waals surface area (Å²) in [6.45, 7) is 0. The molecule has 0 bridgehead atoms. The molecule has 0 aliphatic rings. The van der Waals surface area contributed by atoms with Crippen molar-refractivity contribution in [2.24, 2.45) is 0 Å². The fraction of sp³-hybridized carbons (Fsp3) is 0.857. The SMILES string of the molecule is O=C(O)CCCCCCCCCCCCC(=O)O.[H-].[H-].[K+].[K+]. The maximum atomic E-state index is 10.3. The van der Waals surface area contributed by atoms with Gasteiger partial charge in [-0.1, -0.05) is 51.4 Å². The zero-order valence-corrected chi connectivity index (χ0v) is 19.4. The van der Waals surface area contributed by atoms with Crippen molar-refractivity contribution in [1.82, 2.24) is 0 Å². The van der Waals surface area contributed by atoms with Crippen molar-refractivity contribution in [2.75, 3.05) is 0 Å². The molecule has 0 atom stereocenters. The Morgan fingerprint density at radius 2 is 0.750 bits per heavy atom. The van der Waals surface area contributed by atoms with E-state index in [-0.39, 0.29) is 106 Å². The standard InChI is InChI=1S/C14H26O4.2K.2H/c15-13(16)11-9-7-5-3-1-2-4-6-8-10-12-14(17)18;;;;/h1-12H2,(H,15,16)(H,17,18);;;;/q;2*+1;2*-1. The molecular weight excluding hydrogens is 310 g/mol. The van der Waals surface area contributed by atoms with Crippen LogP contribution in [0.25, 0.3) is 0 Å². The second-order valence-corrected chi connectivity index (χ2v) is 4.82. The van der Waals surface area contributed by atoms with Crippen LogP contribution in [0.4, 0.5) is 0 Å². The summed E-state index contributed by atoms with van der Waals surface area (Å²) >= 11 is 0. The summed E-state index contributed by atoms with van der Waals surface area (Å²) in [5, 5.41) is 16.9. The average Bonchev–Trinajstić information content (AvgIpc) is 2.29. The van der Waals surface area contributed by atoms with Gasteiger partial charge in [0.25, 0.3) is 0 Å². The third-order valence-electron chi connectivity index (χ3n) is 3.03. The Bertz CT molecular complexity index is 221. The first-order valence-corrected chi connectivity index (χ1v) is 7.06. The van der Waals surface area contributed by atoms with Gasteiger partial charge in [0.2, 0.25) is 0 Å². The molecule has 0 aromatic carbocycles. The van der Waals surface area contributed by atoms with Crippen molar-refractivity contribution < 1.29 is 125 Å². The van der Waals surface area contributed by atoms with Crippen molar-refractivity contribution in [1.29, 1.82) is 0 Å². The first kappa shape index (κ1) is 27.1. The van der Waals surface area contributed by atoms with E-state index in [9.17, 15) is 9.59 Å². The largest absolute Gasteiger partial charge is 1.00 e. The van der Waals surface area contributed by atoms with Crippen LogP contribution in [0.15, 0.2) is 0 Å². The molecule has 0 heterocycles. The molecule has 0 aromatic rings. The van der Waals surface area contributed by atoms with Crippen LogP contribution in [-0.4, -0.2) is 22.2 Å². The smallest absolute Gasteiger partial charge is 1.00 e. The van der Waals surface area contributed by atoms with Crippen LogP contribution < -0.4 is 103 Å². The number of carbonyl (C=O) groups is 2. The number of rotatable bonds is 13. The number of hydrogen-bond acceptors (Lipinski definition) is 2. The maximum Gasteiger partial charge on any atom is 1.00 e. The fourth-order valence-corrected chi connectivity index (χ4v) is 1.97. The predicted molar refractivity (Wildman–Crippen MR) is 72.9 cm³/mol. The molecule has 0 amide bonds. The molecule has 20 heavy (non-hydrogen) atoms. The molecule has 0 saturated carbocycles. The summed E-state index contributed by atoms with van der Waals surface area (Å²) in [5.41, 5.74) is 0. The molecule has 0 fully saturated rings. The van der Waals surface area contributed by atoms with Gasteiger partial charge >= 0.3 is 115 Å². The molecule has 0 spiro atoms. The predicted octanol–water partition coefficient (Wildman–Crippen LogP) is -1.93. The molecule has 110 valence electrons. The second-order valence-electron chi connectivity index (χ2n) is 4.82. The third-order valence-corrected chi connectivity index (χ3v) is 3.03. The minimum Gasteiger partial charge on any atom is -1.00 e. The van der Waals surface area contributed by atoms with Crippen LogP contribution >= 0.6 is 0 Å². The third kappa shape index (κ3) is 25.2. The maximum absolute atomic E-state index is 10.3. The van der Waals surface area contributed by atoms with E-state index in [2.05, 4.69) is 0 Å². The number of carboxylic acids is 2. The van der Waals surface area contributed by atoms with Gasteiger partial charge in [-0.15, -0.1) is 0 Å². The van der Waals surface area contributed by atoms with E-state index in [1.54, 1.807) is 0 Å². The number of aliphatic carboxylic acids is 2. The van der Waals surface area contributed by atoms with Crippen LogP contribution in [0.1, 0.15) is 79.9 Å². The Hall–Kier alpha value is 2.21. The molecule has 4 nitrogen and oxygen atoms in total. The van der Waals surface area contributed by atoms with E-state index in [1.807, 2.05) is 0 Å². The molecule has 2 N–H and O–H groups in total. The van der Waals surface area contributed by atoms with E-state index in [4.69, 9.17) is 10.2 Å². The van der Waals surface area contributed by atoms with Crippen molar-refractivity contribution in [3.05, 3.63) is 0 Å². The van der Waals surface area contributed by atoms with E-state index < -0.39 is 11.9 Å². The van der Waals surface area contributed by atoms with Gasteiger partial charge in [0.05, 0.1) is 0 Å². The minimum atomic E-state index is -0.698. The molecule has 0 radical (unpaired) electrons. The van der Waals surface area contributed by atoms with Gasteiger partial charge in [0, 0.05) is 12.8 Å². The quantitative estimate of drug-likeness (QED) is 0.303. The van der Waals surface area contributed by atoms with Crippen LogP contribution in [0.3, 0.4) is 0 Å². The average molecular weight is 339 g/mol. The van der Waals surface area contributed by atoms with Gasteiger partial charge in [0.1, 0.15) is 0 Å². The summed E-state index contributed by atoms with van der Waals surface area (Å²) in [5.74, 6) is -1.40. The molecule has 0 rings (SSSR count). The monoisotopic (exact) mass is 338 g/mol. The Morgan fingerprint density at radius 1 is 0.550 bits per heavy atom. The van der Waals surface area contributed by atoms with Gasteiger partial charge in [0.15, 0.2) is 0 Å². The van der Waals surface area contributed by atoms with Gasteiger partial charge in [-0.05, 0) is 12.8 Å².